The predicted molar refractivity (Wildman–Crippen MR) is 83.5 cm³/mol. The zero-order chi connectivity index (χ0) is 13.2. The number of rotatable bonds is 10. The molecule has 1 nitrogen and oxygen atoms in total. The highest BCUT2D eigenvalue weighted by Gasteiger charge is 2.11. The second kappa shape index (κ2) is 9.57. The van der Waals surface area contributed by atoms with Gasteiger partial charge >= 0.3 is 0 Å². The summed E-state index contributed by atoms with van der Waals surface area (Å²) in [5.74, 6) is 0. The molecule has 0 bridgehead atoms. The summed E-state index contributed by atoms with van der Waals surface area (Å²) in [6.45, 7) is 7.86. The summed E-state index contributed by atoms with van der Waals surface area (Å²) in [5.41, 5.74) is 0. The standard InChI is InChI=1S/C16H29NS/c1-4-6-7-8-9-10-15(17-13-5-2)16-12-11-14(3)18-16/h11-12,15,17H,4-10,13H2,1-3H3. The normalized spacial score (nSPS) is 12.8. The summed E-state index contributed by atoms with van der Waals surface area (Å²) < 4.78 is 0. The highest BCUT2D eigenvalue weighted by molar-refractivity contribution is 7.12. The van der Waals surface area contributed by atoms with E-state index in [1.165, 1.54) is 54.7 Å². The first-order valence-electron chi connectivity index (χ1n) is 7.57. The van der Waals surface area contributed by atoms with Crippen molar-refractivity contribution in [3.05, 3.63) is 21.9 Å². The molecule has 0 aliphatic heterocycles. The van der Waals surface area contributed by atoms with Gasteiger partial charge in [0.2, 0.25) is 0 Å². The van der Waals surface area contributed by atoms with Crippen molar-refractivity contribution in [1.82, 2.24) is 5.32 Å². The van der Waals surface area contributed by atoms with Gasteiger partial charge in [-0.2, -0.15) is 0 Å². The molecule has 0 fully saturated rings. The maximum absolute atomic E-state index is 3.70. The zero-order valence-corrected chi connectivity index (χ0v) is 13.1. The molecule has 1 rings (SSSR count). The van der Waals surface area contributed by atoms with Crippen molar-refractivity contribution in [3.8, 4) is 0 Å². The Morgan fingerprint density at radius 2 is 1.83 bits per heavy atom. The van der Waals surface area contributed by atoms with Crippen LogP contribution < -0.4 is 5.32 Å². The van der Waals surface area contributed by atoms with Gasteiger partial charge in [0.1, 0.15) is 0 Å². The fourth-order valence-electron chi connectivity index (χ4n) is 2.26. The van der Waals surface area contributed by atoms with Crippen LogP contribution in [0.15, 0.2) is 12.1 Å². The molecule has 18 heavy (non-hydrogen) atoms. The van der Waals surface area contributed by atoms with E-state index in [1.54, 1.807) is 0 Å². The second-order valence-corrected chi connectivity index (χ2v) is 6.48. The van der Waals surface area contributed by atoms with Crippen LogP contribution in [0.2, 0.25) is 0 Å². The van der Waals surface area contributed by atoms with Gasteiger partial charge in [-0.15, -0.1) is 11.3 Å². The molecular formula is C16H29NS. The number of hydrogen-bond acceptors (Lipinski definition) is 2. The lowest BCUT2D eigenvalue weighted by Crippen LogP contribution is -2.21. The van der Waals surface area contributed by atoms with Gasteiger partial charge in [-0.3, -0.25) is 0 Å². The van der Waals surface area contributed by atoms with Crippen molar-refractivity contribution in [2.24, 2.45) is 0 Å². The molecule has 1 N–H and O–H groups in total. The molecule has 0 aliphatic carbocycles. The quantitative estimate of drug-likeness (QED) is 0.555. The summed E-state index contributed by atoms with van der Waals surface area (Å²) in [6, 6.07) is 5.14. The first-order valence-corrected chi connectivity index (χ1v) is 8.39. The number of thiophene rings is 1. The SMILES string of the molecule is CCCCCCCC(NCCC)c1ccc(C)s1. The predicted octanol–water partition coefficient (Wildman–Crippen LogP) is 5.46. The molecule has 1 heterocycles. The molecule has 1 atom stereocenters. The summed E-state index contributed by atoms with van der Waals surface area (Å²) >= 11 is 1.95. The van der Waals surface area contributed by atoms with Crippen molar-refractivity contribution in [2.75, 3.05) is 6.54 Å². The Hall–Kier alpha value is -0.340. The van der Waals surface area contributed by atoms with Crippen molar-refractivity contribution >= 4 is 11.3 Å². The van der Waals surface area contributed by atoms with Gasteiger partial charge in [0.05, 0.1) is 0 Å². The molecule has 104 valence electrons. The highest BCUT2D eigenvalue weighted by atomic mass is 32.1. The maximum atomic E-state index is 3.70. The first kappa shape index (κ1) is 15.7. The van der Waals surface area contributed by atoms with Gasteiger partial charge in [-0.25, -0.2) is 0 Å². The Balaban J connectivity index is 2.36. The average Bonchev–Trinajstić information content (AvgIpc) is 2.79. The fourth-order valence-corrected chi connectivity index (χ4v) is 3.24. The Bertz CT molecular complexity index is 306. The average molecular weight is 267 g/mol. The van der Waals surface area contributed by atoms with E-state index in [0.29, 0.717) is 6.04 Å². The van der Waals surface area contributed by atoms with Crippen LogP contribution in [0.3, 0.4) is 0 Å². The van der Waals surface area contributed by atoms with Crippen LogP contribution in [-0.2, 0) is 0 Å². The lowest BCUT2D eigenvalue weighted by Gasteiger charge is -2.17. The smallest absolute Gasteiger partial charge is 0.0414 e. The van der Waals surface area contributed by atoms with Crippen molar-refractivity contribution in [2.45, 2.75) is 71.8 Å². The molecule has 0 saturated heterocycles. The molecule has 0 amide bonds. The highest BCUT2D eigenvalue weighted by Crippen LogP contribution is 2.27. The van der Waals surface area contributed by atoms with Gasteiger partial charge in [-0.05, 0) is 38.4 Å². The van der Waals surface area contributed by atoms with E-state index in [4.69, 9.17) is 0 Å². The molecule has 0 radical (unpaired) electrons. The molecule has 2 heteroatoms. The number of aryl methyl sites for hydroxylation is 1. The third kappa shape index (κ3) is 6.01. The Morgan fingerprint density at radius 1 is 1.06 bits per heavy atom. The molecule has 1 aromatic rings. The van der Waals surface area contributed by atoms with E-state index in [1.807, 2.05) is 11.3 Å². The largest absolute Gasteiger partial charge is 0.309 e. The summed E-state index contributed by atoms with van der Waals surface area (Å²) in [6.07, 6.45) is 9.40. The summed E-state index contributed by atoms with van der Waals surface area (Å²) in [7, 11) is 0. The number of unbranched alkanes of at least 4 members (excludes halogenated alkanes) is 4. The lowest BCUT2D eigenvalue weighted by atomic mass is 10.1. The van der Waals surface area contributed by atoms with Gasteiger partial charge in [0.15, 0.2) is 0 Å². The van der Waals surface area contributed by atoms with Crippen molar-refractivity contribution < 1.29 is 0 Å². The number of hydrogen-bond donors (Lipinski definition) is 1. The van der Waals surface area contributed by atoms with Crippen LogP contribution in [0.25, 0.3) is 0 Å². The van der Waals surface area contributed by atoms with Crippen LogP contribution in [0.4, 0.5) is 0 Å². The van der Waals surface area contributed by atoms with Gasteiger partial charge in [0.25, 0.3) is 0 Å². The molecular weight excluding hydrogens is 238 g/mol. The third-order valence-corrected chi connectivity index (χ3v) is 4.46. The van der Waals surface area contributed by atoms with Crippen molar-refractivity contribution in [1.29, 1.82) is 0 Å². The molecule has 0 aliphatic rings. The van der Waals surface area contributed by atoms with Crippen LogP contribution in [-0.4, -0.2) is 6.54 Å². The van der Waals surface area contributed by atoms with Crippen LogP contribution in [0.5, 0.6) is 0 Å². The van der Waals surface area contributed by atoms with E-state index in [0.717, 1.165) is 6.54 Å². The van der Waals surface area contributed by atoms with E-state index < -0.39 is 0 Å². The first-order chi connectivity index (χ1) is 8.77. The lowest BCUT2D eigenvalue weighted by molar-refractivity contribution is 0.473. The van der Waals surface area contributed by atoms with Gasteiger partial charge in [-0.1, -0.05) is 46.0 Å². The van der Waals surface area contributed by atoms with Gasteiger partial charge in [0, 0.05) is 15.8 Å². The van der Waals surface area contributed by atoms with Crippen LogP contribution >= 0.6 is 11.3 Å². The monoisotopic (exact) mass is 267 g/mol. The second-order valence-electron chi connectivity index (χ2n) is 5.16. The maximum Gasteiger partial charge on any atom is 0.0414 e. The Morgan fingerprint density at radius 3 is 2.44 bits per heavy atom. The minimum absolute atomic E-state index is 0.588. The fraction of sp³-hybridized carbons (Fsp3) is 0.750. The Labute approximate surface area is 117 Å². The molecule has 0 spiro atoms. The third-order valence-electron chi connectivity index (χ3n) is 3.34. The van der Waals surface area contributed by atoms with Crippen LogP contribution in [0, 0.1) is 6.92 Å². The van der Waals surface area contributed by atoms with E-state index in [9.17, 15) is 0 Å². The molecule has 1 unspecified atom stereocenters. The van der Waals surface area contributed by atoms with Gasteiger partial charge < -0.3 is 5.32 Å². The minimum Gasteiger partial charge on any atom is -0.309 e. The number of nitrogens with one attached hydrogen (secondary N) is 1. The van der Waals surface area contributed by atoms with Crippen LogP contribution in [0.1, 0.15) is 74.6 Å². The topological polar surface area (TPSA) is 12.0 Å². The summed E-state index contributed by atoms with van der Waals surface area (Å²) in [5, 5.41) is 3.70. The van der Waals surface area contributed by atoms with E-state index >= 15 is 0 Å². The van der Waals surface area contributed by atoms with E-state index in [-0.39, 0.29) is 0 Å². The zero-order valence-electron chi connectivity index (χ0n) is 12.3. The minimum atomic E-state index is 0.588. The molecule has 1 aromatic heterocycles. The summed E-state index contributed by atoms with van der Waals surface area (Å²) in [4.78, 5) is 2.95. The van der Waals surface area contributed by atoms with E-state index in [2.05, 4.69) is 38.2 Å². The Kier molecular flexibility index (Phi) is 8.36. The van der Waals surface area contributed by atoms with Crippen molar-refractivity contribution in [3.63, 3.8) is 0 Å². The molecule has 0 saturated carbocycles. The molecule has 0 aromatic carbocycles.